The number of pyridine rings is 1. The van der Waals surface area contributed by atoms with E-state index in [9.17, 15) is 18.3 Å². The van der Waals surface area contributed by atoms with Crippen LogP contribution in [0.1, 0.15) is 77.3 Å². The third-order valence-corrected chi connectivity index (χ3v) is 11.2. The Morgan fingerprint density at radius 1 is 1.07 bits per heavy atom. The van der Waals surface area contributed by atoms with Gasteiger partial charge in [0.15, 0.2) is 10.5 Å². The van der Waals surface area contributed by atoms with Crippen molar-refractivity contribution in [2.45, 2.75) is 101 Å². The van der Waals surface area contributed by atoms with Gasteiger partial charge >= 0.3 is 5.97 Å². The molecule has 236 valence electrons. The van der Waals surface area contributed by atoms with Crippen LogP contribution in [-0.2, 0) is 29.0 Å². The number of aromatic nitrogens is 1. The number of fused-ring (bicyclic) bond motifs is 1. The maximum Gasteiger partial charge on any atom is 0.326 e. The van der Waals surface area contributed by atoms with E-state index in [1.807, 2.05) is 45.9 Å². The van der Waals surface area contributed by atoms with E-state index in [2.05, 4.69) is 23.2 Å². The third-order valence-electron chi connectivity index (χ3n) is 8.61. The molecule has 3 fully saturated rings. The van der Waals surface area contributed by atoms with E-state index in [0.717, 1.165) is 22.4 Å². The number of rotatable bonds is 9. The summed E-state index contributed by atoms with van der Waals surface area (Å²) in [5.41, 5.74) is 3.80. The zero-order valence-corrected chi connectivity index (χ0v) is 26.8. The third kappa shape index (κ3) is 6.61. The van der Waals surface area contributed by atoms with E-state index < -0.39 is 38.7 Å². The number of sulfonamides is 1. The molecule has 2 atom stereocenters. The second kappa shape index (κ2) is 11.7. The minimum atomic E-state index is -4.13. The Labute approximate surface area is 254 Å². The lowest BCUT2D eigenvalue weighted by atomic mass is 9.88. The van der Waals surface area contributed by atoms with E-state index >= 15 is 0 Å². The van der Waals surface area contributed by atoms with Gasteiger partial charge in [0.25, 0.3) is 0 Å². The number of carboxylic acids is 1. The summed E-state index contributed by atoms with van der Waals surface area (Å²) < 4.78 is 50.3. The summed E-state index contributed by atoms with van der Waals surface area (Å²) >= 11 is 0. The topological polar surface area (TPSA) is 124 Å². The molecule has 0 bridgehead atoms. The summed E-state index contributed by atoms with van der Waals surface area (Å²) in [6, 6.07) is 12.0. The zero-order valence-electron chi connectivity index (χ0n) is 26.0. The van der Waals surface area contributed by atoms with Gasteiger partial charge in [0, 0.05) is 37.6 Å². The van der Waals surface area contributed by atoms with E-state index in [1.165, 1.54) is 4.31 Å². The van der Waals surface area contributed by atoms with Crippen molar-refractivity contribution in [2.24, 2.45) is 0 Å². The van der Waals surface area contributed by atoms with Crippen LogP contribution in [-0.4, -0.2) is 83.4 Å². The highest BCUT2D eigenvalue weighted by Gasteiger charge is 2.65. The van der Waals surface area contributed by atoms with E-state index in [0.29, 0.717) is 31.9 Å². The molecule has 2 saturated heterocycles. The van der Waals surface area contributed by atoms with Gasteiger partial charge in [-0.1, -0.05) is 24.3 Å². The van der Waals surface area contributed by atoms with Crippen LogP contribution in [0.15, 0.2) is 36.4 Å². The predicted molar refractivity (Wildman–Crippen MR) is 162 cm³/mol. The smallest absolute Gasteiger partial charge is 0.326 e. The van der Waals surface area contributed by atoms with Gasteiger partial charge < -0.3 is 24.1 Å². The number of benzene rings is 1. The normalized spacial score (nSPS) is 26.4. The van der Waals surface area contributed by atoms with Crippen LogP contribution in [0.3, 0.4) is 0 Å². The van der Waals surface area contributed by atoms with Gasteiger partial charge in [-0.2, -0.15) is 0 Å². The summed E-state index contributed by atoms with van der Waals surface area (Å²) in [6.45, 7) is 13.0. The van der Waals surface area contributed by atoms with Crippen molar-refractivity contribution >= 4 is 16.0 Å². The second-order valence-corrected chi connectivity index (χ2v) is 15.6. The molecule has 0 spiro atoms. The molecule has 2 unspecified atom stereocenters. The van der Waals surface area contributed by atoms with Gasteiger partial charge in [-0.05, 0) is 77.5 Å². The maximum atomic E-state index is 13.8. The molecule has 2 aromatic rings. The SMILES string of the molecule is Cc1cc(C2CCN(S(=O)(=O)C3(C(=O)O)CC4OC(C)(C)OC4C3)CC2)ccc1-c1cccc(OCCOC(C)(C)C)n1. The Bertz CT molecular complexity index is 1430. The molecule has 0 radical (unpaired) electrons. The van der Waals surface area contributed by atoms with Crippen molar-refractivity contribution in [1.82, 2.24) is 9.29 Å². The van der Waals surface area contributed by atoms with Crippen LogP contribution in [0.25, 0.3) is 11.3 Å². The fourth-order valence-electron chi connectivity index (χ4n) is 6.53. The molecule has 1 aromatic carbocycles. The molecule has 1 aliphatic carbocycles. The Kier molecular flexibility index (Phi) is 8.69. The first-order valence-electron chi connectivity index (χ1n) is 15.0. The van der Waals surface area contributed by atoms with E-state index in [-0.39, 0.29) is 37.5 Å². The summed E-state index contributed by atoms with van der Waals surface area (Å²) in [5, 5.41) is 10.2. The number of aliphatic carboxylic acids is 1. The lowest BCUT2D eigenvalue weighted by Gasteiger charge is -2.37. The van der Waals surface area contributed by atoms with Crippen LogP contribution in [0.2, 0.25) is 0 Å². The zero-order chi connectivity index (χ0) is 31.2. The van der Waals surface area contributed by atoms with Gasteiger partial charge in [-0.3, -0.25) is 4.79 Å². The fraction of sp³-hybridized carbons (Fsp3) is 0.625. The summed E-state index contributed by atoms with van der Waals surface area (Å²) in [5.74, 6) is -1.47. The molecule has 43 heavy (non-hydrogen) atoms. The van der Waals surface area contributed by atoms with E-state index in [4.69, 9.17) is 18.9 Å². The van der Waals surface area contributed by atoms with Crippen LogP contribution in [0, 0.1) is 6.92 Å². The minimum Gasteiger partial charge on any atom is -0.480 e. The number of hydrogen-bond acceptors (Lipinski definition) is 8. The van der Waals surface area contributed by atoms with Crippen LogP contribution in [0.5, 0.6) is 5.88 Å². The Morgan fingerprint density at radius 2 is 1.72 bits per heavy atom. The summed E-state index contributed by atoms with van der Waals surface area (Å²) in [6.07, 6.45) is -0.0972. The molecule has 5 rings (SSSR count). The minimum absolute atomic E-state index is 0.107. The lowest BCUT2D eigenvalue weighted by molar-refractivity contribution is -0.159. The van der Waals surface area contributed by atoms with Crippen LogP contribution >= 0.6 is 0 Å². The fourth-order valence-corrected chi connectivity index (χ4v) is 8.68. The molecule has 1 N–H and O–H groups in total. The summed E-state index contributed by atoms with van der Waals surface area (Å²) in [4.78, 5) is 17.2. The van der Waals surface area contributed by atoms with Gasteiger partial charge in [-0.25, -0.2) is 17.7 Å². The highest BCUT2D eigenvalue weighted by Crippen LogP contribution is 2.48. The molecule has 2 aliphatic heterocycles. The monoisotopic (exact) mass is 616 g/mol. The van der Waals surface area contributed by atoms with Crippen molar-refractivity contribution in [3.63, 3.8) is 0 Å². The highest BCUT2D eigenvalue weighted by molar-refractivity contribution is 7.91. The first-order chi connectivity index (χ1) is 20.1. The standard InChI is InChI=1S/C32H44N2O8S/c1-21-18-23(10-11-24(21)25-8-7-9-28(33-25)39-16-17-40-30(2,3)4)22-12-14-34(15-13-22)43(37,38)32(29(35)36)19-26-27(20-32)42-31(5,6)41-26/h7-11,18,22,26-27H,12-17,19-20H2,1-6H3,(H,35,36). The molecule has 3 aliphatic rings. The van der Waals surface area contributed by atoms with Crippen molar-refractivity contribution in [2.75, 3.05) is 26.3 Å². The molecule has 1 aromatic heterocycles. The highest BCUT2D eigenvalue weighted by atomic mass is 32.2. The van der Waals surface area contributed by atoms with Gasteiger partial charge in [0.2, 0.25) is 15.9 Å². The van der Waals surface area contributed by atoms with Gasteiger partial charge in [0.1, 0.15) is 6.61 Å². The Morgan fingerprint density at radius 3 is 2.30 bits per heavy atom. The Balaban J connectivity index is 1.22. The molecule has 3 heterocycles. The number of piperidine rings is 1. The molecular weight excluding hydrogens is 572 g/mol. The summed E-state index contributed by atoms with van der Waals surface area (Å²) in [7, 11) is -4.13. The first-order valence-corrected chi connectivity index (χ1v) is 16.5. The first kappa shape index (κ1) is 31.8. The molecule has 11 heteroatoms. The van der Waals surface area contributed by atoms with Crippen molar-refractivity contribution < 1.29 is 37.3 Å². The van der Waals surface area contributed by atoms with Crippen molar-refractivity contribution in [3.8, 4) is 17.1 Å². The number of carbonyl (C=O) groups is 1. The van der Waals surface area contributed by atoms with Gasteiger partial charge in [-0.15, -0.1) is 0 Å². The van der Waals surface area contributed by atoms with Gasteiger partial charge in [0.05, 0.1) is 30.1 Å². The number of aryl methyl sites for hydroxylation is 1. The second-order valence-electron chi connectivity index (χ2n) is 13.3. The number of hydrogen-bond donors (Lipinski definition) is 1. The van der Waals surface area contributed by atoms with Crippen LogP contribution in [0.4, 0.5) is 0 Å². The molecule has 10 nitrogen and oxygen atoms in total. The number of nitrogens with zero attached hydrogens (tertiary/aromatic N) is 2. The van der Waals surface area contributed by atoms with E-state index in [1.54, 1.807) is 13.8 Å². The van der Waals surface area contributed by atoms with Crippen LogP contribution < -0.4 is 4.74 Å². The van der Waals surface area contributed by atoms with Crippen molar-refractivity contribution in [1.29, 1.82) is 0 Å². The quantitative estimate of drug-likeness (QED) is 0.392. The largest absolute Gasteiger partial charge is 0.480 e. The number of carboxylic acid groups (broad SMARTS) is 1. The molecule has 1 saturated carbocycles. The number of ether oxygens (including phenoxy) is 4. The average Bonchev–Trinajstić information content (AvgIpc) is 3.42. The molecule has 0 amide bonds. The van der Waals surface area contributed by atoms with Crippen molar-refractivity contribution in [3.05, 3.63) is 47.5 Å². The predicted octanol–water partition coefficient (Wildman–Crippen LogP) is 4.90. The Hall–Kier alpha value is -2.57. The lowest BCUT2D eigenvalue weighted by Crippen LogP contribution is -2.54. The maximum absolute atomic E-state index is 13.8. The molecular formula is C32H44N2O8S. The average molecular weight is 617 g/mol.